The van der Waals surface area contributed by atoms with Crippen molar-refractivity contribution in [1.29, 1.82) is 0 Å². The van der Waals surface area contributed by atoms with E-state index in [1.165, 1.54) is 0 Å². The number of nitrogens with two attached hydrogens (primary N) is 1. The van der Waals surface area contributed by atoms with Gasteiger partial charge in [0.25, 0.3) is 0 Å². The van der Waals surface area contributed by atoms with Crippen LogP contribution >= 0.6 is 11.3 Å². The van der Waals surface area contributed by atoms with Crippen molar-refractivity contribution in [1.82, 2.24) is 9.38 Å². The van der Waals surface area contributed by atoms with Gasteiger partial charge < -0.3 is 10.9 Å². The minimum absolute atomic E-state index is 0.214. The Kier molecular flexibility index (Phi) is 2.12. The predicted molar refractivity (Wildman–Crippen MR) is 54.9 cm³/mol. The number of hydrogen-bond donors (Lipinski definition) is 2. The van der Waals surface area contributed by atoms with Crippen LogP contribution in [-0.2, 0) is 6.42 Å². The molecule has 0 saturated carbocycles. The van der Waals surface area contributed by atoms with Gasteiger partial charge in [0.2, 0.25) is 0 Å². The second-order valence-corrected chi connectivity index (χ2v) is 4.13. The van der Waals surface area contributed by atoms with Crippen molar-refractivity contribution in [2.75, 3.05) is 0 Å². The molecular weight excluding hydrogens is 200 g/mol. The number of aryl methyl sites for hydroxylation is 1. The summed E-state index contributed by atoms with van der Waals surface area (Å²) in [4.78, 5) is 6.27. The number of rotatable bonds is 2. The maximum absolute atomic E-state index is 8.41. The summed E-state index contributed by atoms with van der Waals surface area (Å²) >= 11 is 1.54. The van der Waals surface area contributed by atoms with Crippen LogP contribution < -0.4 is 5.73 Å². The monoisotopic (exact) mass is 210 g/mol. The summed E-state index contributed by atoms with van der Waals surface area (Å²) in [5.74, 6) is 0.214. The van der Waals surface area contributed by atoms with Crippen LogP contribution in [0.4, 0.5) is 0 Å². The zero-order chi connectivity index (χ0) is 10.1. The topological polar surface area (TPSA) is 75.9 Å². The van der Waals surface area contributed by atoms with E-state index in [1.54, 1.807) is 11.3 Å². The van der Waals surface area contributed by atoms with Gasteiger partial charge in [-0.15, -0.1) is 11.3 Å². The molecule has 2 rings (SSSR count). The largest absolute Gasteiger partial charge is 0.409 e. The Bertz CT molecular complexity index is 453. The molecule has 2 aromatic rings. The van der Waals surface area contributed by atoms with Crippen LogP contribution in [0.2, 0.25) is 0 Å². The quantitative estimate of drug-likeness (QED) is 0.336. The molecule has 0 unspecified atom stereocenters. The highest BCUT2D eigenvalue weighted by molar-refractivity contribution is 7.17. The third-order valence-corrected chi connectivity index (χ3v) is 2.80. The van der Waals surface area contributed by atoms with E-state index in [0.29, 0.717) is 6.42 Å². The summed E-state index contributed by atoms with van der Waals surface area (Å²) in [7, 11) is 0. The van der Waals surface area contributed by atoms with E-state index >= 15 is 0 Å². The molecule has 0 aliphatic heterocycles. The maximum atomic E-state index is 8.41. The van der Waals surface area contributed by atoms with Crippen molar-refractivity contribution in [2.45, 2.75) is 13.3 Å². The average molecular weight is 210 g/mol. The van der Waals surface area contributed by atoms with Crippen LogP contribution in [0.15, 0.2) is 17.5 Å². The molecule has 0 aliphatic carbocycles. The molecule has 0 atom stereocenters. The number of nitrogens with zero attached hydrogens (tertiary/aromatic N) is 3. The first-order valence-corrected chi connectivity index (χ1v) is 4.91. The summed E-state index contributed by atoms with van der Waals surface area (Å²) in [5, 5.41) is 11.3. The molecule has 2 aromatic heterocycles. The lowest BCUT2D eigenvalue weighted by molar-refractivity contribution is 0.317. The van der Waals surface area contributed by atoms with Crippen molar-refractivity contribution < 1.29 is 5.21 Å². The molecule has 74 valence electrons. The Hall–Kier alpha value is -1.56. The summed E-state index contributed by atoms with van der Waals surface area (Å²) in [5.41, 5.74) is 6.39. The molecule has 0 amide bonds. The number of amidine groups is 1. The third-order valence-electron chi connectivity index (χ3n) is 1.81. The number of aromatic nitrogens is 2. The fourth-order valence-electron chi connectivity index (χ4n) is 1.26. The Morgan fingerprint density at radius 1 is 1.71 bits per heavy atom. The van der Waals surface area contributed by atoms with Gasteiger partial charge in [-0.1, -0.05) is 5.16 Å². The third kappa shape index (κ3) is 1.56. The lowest BCUT2D eigenvalue weighted by Crippen LogP contribution is -2.13. The predicted octanol–water partition coefficient (Wildman–Crippen LogP) is 0.993. The van der Waals surface area contributed by atoms with Crippen LogP contribution in [0.1, 0.15) is 10.6 Å². The van der Waals surface area contributed by atoms with Gasteiger partial charge in [-0.25, -0.2) is 4.98 Å². The smallest absolute Gasteiger partial charge is 0.194 e. The summed E-state index contributed by atoms with van der Waals surface area (Å²) in [6, 6.07) is 0. The molecule has 14 heavy (non-hydrogen) atoms. The van der Waals surface area contributed by atoms with Crippen molar-refractivity contribution in [2.24, 2.45) is 10.9 Å². The van der Waals surface area contributed by atoms with Crippen LogP contribution in [0, 0.1) is 6.92 Å². The Labute approximate surface area is 84.5 Å². The average Bonchev–Trinajstić information content (AvgIpc) is 2.60. The molecule has 0 fully saturated rings. The van der Waals surface area contributed by atoms with Crippen molar-refractivity contribution >= 4 is 22.1 Å². The van der Waals surface area contributed by atoms with Gasteiger partial charge in [0, 0.05) is 23.7 Å². The molecule has 2 heterocycles. The van der Waals surface area contributed by atoms with Crippen LogP contribution in [0.25, 0.3) is 4.96 Å². The molecule has 0 aromatic carbocycles. The van der Waals surface area contributed by atoms with Crippen LogP contribution in [0.3, 0.4) is 0 Å². The number of imidazole rings is 1. The van der Waals surface area contributed by atoms with E-state index in [1.807, 2.05) is 23.7 Å². The normalized spacial score (nSPS) is 12.5. The molecule has 5 nitrogen and oxygen atoms in total. The van der Waals surface area contributed by atoms with E-state index in [9.17, 15) is 0 Å². The fraction of sp³-hybridized carbons (Fsp3) is 0.250. The molecule has 6 heteroatoms. The Balaban J connectivity index is 2.32. The summed E-state index contributed by atoms with van der Waals surface area (Å²) in [6.45, 7) is 1.95. The number of hydrogen-bond acceptors (Lipinski definition) is 4. The zero-order valence-electron chi connectivity index (χ0n) is 7.64. The zero-order valence-corrected chi connectivity index (χ0v) is 8.45. The second-order valence-electron chi connectivity index (χ2n) is 3.04. The van der Waals surface area contributed by atoms with E-state index in [4.69, 9.17) is 10.9 Å². The Morgan fingerprint density at radius 3 is 3.14 bits per heavy atom. The van der Waals surface area contributed by atoms with E-state index in [-0.39, 0.29) is 5.84 Å². The van der Waals surface area contributed by atoms with Gasteiger partial charge >= 0.3 is 0 Å². The van der Waals surface area contributed by atoms with Crippen LogP contribution in [-0.4, -0.2) is 20.4 Å². The molecule has 0 bridgehead atoms. The molecule has 3 N–H and O–H groups in total. The summed E-state index contributed by atoms with van der Waals surface area (Å²) < 4.78 is 1.94. The Morgan fingerprint density at radius 2 is 2.50 bits per heavy atom. The van der Waals surface area contributed by atoms with E-state index in [0.717, 1.165) is 15.5 Å². The highest BCUT2D eigenvalue weighted by atomic mass is 32.1. The lowest BCUT2D eigenvalue weighted by atomic mass is 10.3. The fourth-order valence-corrected chi connectivity index (χ4v) is 2.28. The van der Waals surface area contributed by atoms with Gasteiger partial charge in [-0.2, -0.15) is 0 Å². The first-order chi connectivity index (χ1) is 6.69. The number of oxime groups is 1. The molecule has 0 spiro atoms. The molecule has 0 saturated heterocycles. The van der Waals surface area contributed by atoms with Gasteiger partial charge in [0.15, 0.2) is 4.96 Å². The first-order valence-electron chi connectivity index (χ1n) is 4.09. The second kappa shape index (κ2) is 3.30. The minimum Gasteiger partial charge on any atom is -0.409 e. The number of fused-ring (bicyclic) bond motifs is 1. The van der Waals surface area contributed by atoms with Crippen LogP contribution in [0.5, 0.6) is 0 Å². The SMILES string of the molecule is Cc1cn2cc(C/C(N)=N/O)sc2n1. The van der Waals surface area contributed by atoms with Gasteiger partial charge in [-0.3, -0.25) is 4.40 Å². The van der Waals surface area contributed by atoms with Crippen molar-refractivity contribution in [3.8, 4) is 0 Å². The highest BCUT2D eigenvalue weighted by Crippen LogP contribution is 2.17. The number of thiazole rings is 1. The van der Waals surface area contributed by atoms with E-state index < -0.39 is 0 Å². The van der Waals surface area contributed by atoms with Crippen molar-refractivity contribution in [3.63, 3.8) is 0 Å². The van der Waals surface area contributed by atoms with Crippen molar-refractivity contribution in [3.05, 3.63) is 23.0 Å². The lowest BCUT2D eigenvalue weighted by Gasteiger charge is -1.91. The summed E-state index contributed by atoms with van der Waals surface area (Å²) in [6.07, 6.45) is 4.35. The van der Waals surface area contributed by atoms with Gasteiger partial charge in [-0.05, 0) is 6.92 Å². The minimum atomic E-state index is 0.214. The maximum Gasteiger partial charge on any atom is 0.194 e. The molecular formula is C8H10N4OS. The van der Waals surface area contributed by atoms with E-state index in [2.05, 4.69) is 10.1 Å². The molecule has 0 radical (unpaired) electrons. The standard InChI is InChI=1S/C8H10N4OS/c1-5-3-12-4-6(2-7(9)11-13)14-8(12)10-5/h3-4,13H,2H2,1H3,(H2,9,11). The highest BCUT2D eigenvalue weighted by Gasteiger charge is 2.05. The van der Waals surface area contributed by atoms with Gasteiger partial charge in [0.05, 0.1) is 5.69 Å². The molecule has 0 aliphatic rings. The first kappa shape index (κ1) is 9.01. The van der Waals surface area contributed by atoms with Gasteiger partial charge in [0.1, 0.15) is 5.84 Å².